The van der Waals surface area contributed by atoms with Gasteiger partial charge in [-0.25, -0.2) is 0 Å². The van der Waals surface area contributed by atoms with Crippen LogP contribution in [0.1, 0.15) is 0 Å². The Kier molecular flexibility index (Phi) is 5.03. The quantitative estimate of drug-likeness (QED) is 0.182. The highest BCUT2D eigenvalue weighted by Gasteiger charge is 2.45. The lowest BCUT2D eigenvalue weighted by atomic mass is 9.99. The van der Waals surface area contributed by atoms with E-state index in [-0.39, 0.29) is 16.4 Å². The summed E-state index contributed by atoms with van der Waals surface area (Å²) in [4.78, 5) is 12.8. The molecule has 1 aliphatic rings. The summed E-state index contributed by atoms with van der Waals surface area (Å²) in [6.45, 7) is -0.736. The zero-order valence-corrected chi connectivity index (χ0v) is 15.5. The van der Waals surface area contributed by atoms with Crippen LogP contribution in [-0.2, 0) is 4.74 Å². The molecule has 2 heterocycles. The van der Waals surface area contributed by atoms with E-state index in [9.17, 15) is 45.6 Å². The van der Waals surface area contributed by atoms with Gasteiger partial charge in [0.2, 0.25) is 23.2 Å². The minimum absolute atomic E-state index is 0.147. The van der Waals surface area contributed by atoms with Crippen molar-refractivity contribution in [1.82, 2.24) is 0 Å². The monoisotopic (exact) mass is 438 g/mol. The maximum atomic E-state index is 12.8. The normalized spacial score (nSPS) is 26.4. The van der Waals surface area contributed by atoms with Crippen LogP contribution in [0.3, 0.4) is 0 Å². The second-order valence-corrected chi connectivity index (χ2v) is 7.03. The van der Waals surface area contributed by atoms with Gasteiger partial charge in [-0.2, -0.15) is 0 Å². The van der Waals surface area contributed by atoms with Gasteiger partial charge in [0.25, 0.3) is 0 Å². The molecular weight excluding hydrogens is 420 g/mol. The van der Waals surface area contributed by atoms with Gasteiger partial charge in [-0.05, 0) is 12.1 Å². The minimum Gasteiger partial charge on any atom is -0.504 e. The fourth-order valence-corrected chi connectivity index (χ4v) is 3.35. The van der Waals surface area contributed by atoms with Crippen molar-refractivity contribution in [2.24, 2.45) is 0 Å². The van der Waals surface area contributed by atoms with E-state index in [1.807, 2.05) is 0 Å². The molecule has 0 spiro atoms. The largest absolute Gasteiger partial charge is 0.504 e. The highest BCUT2D eigenvalue weighted by Crippen LogP contribution is 2.44. The molecule has 5 unspecified atom stereocenters. The second kappa shape index (κ2) is 7.44. The molecule has 166 valence electrons. The molecule has 31 heavy (non-hydrogen) atoms. The summed E-state index contributed by atoms with van der Waals surface area (Å²) in [7, 11) is 0. The predicted molar refractivity (Wildman–Crippen MR) is 101 cm³/mol. The zero-order chi connectivity index (χ0) is 22.6. The van der Waals surface area contributed by atoms with Gasteiger partial charge in [0, 0.05) is 6.07 Å². The first kappa shape index (κ1) is 21.0. The number of hydrogen-bond donors (Lipinski definition) is 8. The molecule has 8 N–H and O–H groups in total. The van der Waals surface area contributed by atoms with Crippen LogP contribution in [0.15, 0.2) is 27.4 Å². The van der Waals surface area contributed by atoms with E-state index < -0.39 is 77.1 Å². The number of phenolic OH excluding ortho intramolecular Hbond substituents is 4. The Hall–Kier alpha value is -3.29. The van der Waals surface area contributed by atoms with Crippen molar-refractivity contribution in [2.45, 2.75) is 30.7 Å². The summed E-state index contributed by atoms with van der Waals surface area (Å²) in [6.07, 6.45) is -8.36. The van der Waals surface area contributed by atoms with Crippen molar-refractivity contribution in [3.8, 4) is 28.7 Å². The molecule has 2 aromatic carbocycles. The van der Waals surface area contributed by atoms with Gasteiger partial charge >= 0.3 is 0 Å². The standard InChI is InChI=1S/C19H18O12/c20-4-11-14(26)15(27)16(28)19(30-11)31-18-13(25)9(23)2-6-12(24)5-1-7(21)8(22)3-10(5)29-17(6)18/h1-3,11,14-16,19-23,25-28H,4H2. The molecule has 1 aliphatic heterocycles. The van der Waals surface area contributed by atoms with Crippen molar-refractivity contribution in [1.29, 1.82) is 0 Å². The molecule has 5 atom stereocenters. The van der Waals surface area contributed by atoms with Gasteiger partial charge in [0.1, 0.15) is 30.0 Å². The Balaban J connectivity index is 1.90. The average Bonchev–Trinajstić information content (AvgIpc) is 2.74. The van der Waals surface area contributed by atoms with Crippen molar-refractivity contribution in [2.75, 3.05) is 6.61 Å². The maximum Gasteiger partial charge on any atom is 0.229 e. The van der Waals surface area contributed by atoms with Crippen LogP contribution in [0.2, 0.25) is 0 Å². The third-order valence-electron chi connectivity index (χ3n) is 5.05. The fraction of sp³-hybridized carbons (Fsp3) is 0.316. The topological polar surface area (TPSA) is 211 Å². The van der Waals surface area contributed by atoms with Gasteiger partial charge in [-0.1, -0.05) is 0 Å². The number of aliphatic hydroxyl groups excluding tert-OH is 4. The first-order valence-corrected chi connectivity index (χ1v) is 8.98. The number of benzene rings is 2. The van der Waals surface area contributed by atoms with E-state index in [1.54, 1.807) is 0 Å². The molecule has 0 aliphatic carbocycles. The highest BCUT2D eigenvalue weighted by atomic mass is 16.7. The summed E-state index contributed by atoms with van der Waals surface area (Å²) in [5, 5.41) is 78.5. The van der Waals surface area contributed by atoms with Gasteiger partial charge in [0.15, 0.2) is 22.8 Å². The fourth-order valence-electron chi connectivity index (χ4n) is 3.35. The van der Waals surface area contributed by atoms with Crippen LogP contribution >= 0.6 is 0 Å². The van der Waals surface area contributed by atoms with E-state index in [4.69, 9.17) is 13.9 Å². The average molecular weight is 438 g/mol. The van der Waals surface area contributed by atoms with E-state index in [0.29, 0.717) is 0 Å². The molecule has 1 aromatic heterocycles. The first-order valence-electron chi connectivity index (χ1n) is 8.98. The first-order chi connectivity index (χ1) is 14.6. The minimum atomic E-state index is -1.84. The Morgan fingerprint density at radius 1 is 0.871 bits per heavy atom. The van der Waals surface area contributed by atoms with E-state index >= 15 is 0 Å². The lowest BCUT2D eigenvalue weighted by Crippen LogP contribution is -2.60. The number of hydrogen-bond acceptors (Lipinski definition) is 12. The van der Waals surface area contributed by atoms with E-state index in [2.05, 4.69) is 0 Å². The molecule has 0 amide bonds. The highest BCUT2D eigenvalue weighted by molar-refractivity contribution is 5.96. The Labute approximate surface area is 172 Å². The zero-order valence-electron chi connectivity index (χ0n) is 15.5. The lowest BCUT2D eigenvalue weighted by Gasteiger charge is -2.39. The van der Waals surface area contributed by atoms with E-state index in [0.717, 1.165) is 18.2 Å². The number of aromatic hydroxyl groups is 4. The second-order valence-electron chi connectivity index (χ2n) is 7.03. The van der Waals surface area contributed by atoms with Crippen LogP contribution in [0, 0.1) is 0 Å². The molecular formula is C19H18O12. The summed E-state index contributed by atoms with van der Waals surface area (Å²) >= 11 is 0. The Morgan fingerprint density at radius 2 is 1.52 bits per heavy atom. The van der Waals surface area contributed by atoms with Crippen LogP contribution in [-0.4, -0.2) is 78.2 Å². The summed E-state index contributed by atoms with van der Waals surface area (Å²) in [5.74, 6) is -3.50. The number of ether oxygens (including phenoxy) is 2. The van der Waals surface area contributed by atoms with Crippen molar-refractivity contribution < 1.29 is 54.7 Å². The number of aliphatic hydroxyl groups is 4. The van der Waals surface area contributed by atoms with Crippen LogP contribution in [0.5, 0.6) is 28.7 Å². The van der Waals surface area contributed by atoms with Gasteiger partial charge in [-0.3, -0.25) is 4.79 Å². The third kappa shape index (κ3) is 3.26. The SMILES string of the molecule is O=c1c2cc(O)c(O)cc2oc2c(OC3OC(CO)C(O)C(O)C3O)c(O)c(O)cc12. The van der Waals surface area contributed by atoms with Crippen LogP contribution in [0.25, 0.3) is 21.9 Å². The summed E-state index contributed by atoms with van der Waals surface area (Å²) in [5.41, 5.74) is -1.35. The number of fused-ring (bicyclic) bond motifs is 2. The smallest absolute Gasteiger partial charge is 0.229 e. The number of phenols is 4. The van der Waals surface area contributed by atoms with E-state index in [1.165, 1.54) is 0 Å². The van der Waals surface area contributed by atoms with Crippen molar-refractivity contribution >= 4 is 21.9 Å². The molecule has 12 heteroatoms. The molecule has 3 aromatic rings. The maximum absolute atomic E-state index is 12.8. The molecule has 0 saturated carbocycles. The molecule has 1 saturated heterocycles. The lowest BCUT2D eigenvalue weighted by molar-refractivity contribution is -0.277. The Morgan fingerprint density at radius 3 is 2.19 bits per heavy atom. The van der Waals surface area contributed by atoms with Gasteiger partial charge < -0.3 is 54.7 Å². The third-order valence-corrected chi connectivity index (χ3v) is 5.05. The Bertz CT molecular complexity index is 1220. The van der Waals surface area contributed by atoms with Crippen molar-refractivity contribution in [3.05, 3.63) is 28.4 Å². The summed E-state index contributed by atoms with van der Waals surface area (Å²) in [6, 6.07) is 2.80. The van der Waals surface area contributed by atoms with Crippen molar-refractivity contribution in [3.63, 3.8) is 0 Å². The van der Waals surface area contributed by atoms with Crippen LogP contribution in [0.4, 0.5) is 0 Å². The molecule has 12 nitrogen and oxygen atoms in total. The molecule has 1 fully saturated rings. The van der Waals surface area contributed by atoms with Gasteiger partial charge in [-0.15, -0.1) is 0 Å². The van der Waals surface area contributed by atoms with Crippen LogP contribution < -0.4 is 10.2 Å². The predicted octanol–water partition coefficient (Wildman–Crippen LogP) is -1.05. The molecule has 0 bridgehead atoms. The molecule has 4 rings (SSSR count). The van der Waals surface area contributed by atoms with Gasteiger partial charge in [0.05, 0.1) is 17.4 Å². The molecule has 0 radical (unpaired) electrons. The summed E-state index contributed by atoms with van der Waals surface area (Å²) < 4.78 is 16.1. The number of rotatable bonds is 3.